The smallest absolute Gasteiger partial charge is 0.418 e. The minimum absolute atomic E-state index is 0.342. The summed E-state index contributed by atoms with van der Waals surface area (Å²) in [6, 6.07) is 14.0. The van der Waals surface area contributed by atoms with Gasteiger partial charge >= 0.3 is 12.5 Å². The Balaban J connectivity index is 0.000000431. The second-order valence-electron chi connectivity index (χ2n) is 5.64. The molecule has 0 aliphatic carbocycles. The van der Waals surface area contributed by atoms with Gasteiger partial charge in [-0.25, -0.2) is 0 Å². The summed E-state index contributed by atoms with van der Waals surface area (Å²) in [5.41, 5.74) is 5.33. The fourth-order valence-corrected chi connectivity index (χ4v) is 2.77. The van der Waals surface area contributed by atoms with E-state index in [4.69, 9.17) is 11.6 Å². The largest absolute Gasteiger partial charge is 0.673 e. The third kappa shape index (κ3) is 5.29. The van der Waals surface area contributed by atoms with Crippen LogP contribution in [0.3, 0.4) is 0 Å². The lowest BCUT2D eigenvalue weighted by Gasteiger charge is -2.06. The molecule has 0 fully saturated rings. The van der Waals surface area contributed by atoms with E-state index in [9.17, 15) is 17.3 Å². The van der Waals surface area contributed by atoms with Crippen LogP contribution in [0, 0.1) is 20.8 Å². The fourth-order valence-electron chi connectivity index (χ4n) is 2.58. The molecule has 2 aromatic carbocycles. The molecule has 0 saturated carbocycles. The number of benzene rings is 2. The lowest BCUT2D eigenvalue weighted by Crippen LogP contribution is -2.36. The van der Waals surface area contributed by atoms with E-state index in [-0.39, 0.29) is 0 Å². The maximum absolute atomic E-state index is 9.75. The number of rotatable bonds is 2. The van der Waals surface area contributed by atoms with Crippen LogP contribution in [0.2, 0.25) is 5.28 Å². The normalized spacial score (nSPS) is 11.1. The van der Waals surface area contributed by atoms with Gasteiger partial charge in [-0.3, -0.25) is 0 Å². The number of halogens is 5. The van der Waals surface area contributed by atoms with Crippen LogP contribution in [0.4, 0.5) is 17.3 Å². The van der Waals surface area contributed by atoms with Crippen LogP contribution in [-0.4, -0.2) is 22.4 Å². The summed E-state index contributed by atoms with van der Waals surface area (Å²) in [7, 11) is -6.00. The van der Waals surface area contributed by atoms with Crippen molar-refractivity contribution in [3.05, 3.63) is 64.4 Å². The SMILES string of the molecule is Cc1cc(C)c(-[n+]2nn(-c3ccccc3)nc2Cl)c(C)c1.F[B-](F)(F)F. The van der Waals surface area contributed by atoms with Gasteiger partial charge in [-0.2, -0.15) is 0 Å². The van der Waals surface area contributed by atoms with E-state index in [0.717, 1.165) is 22.5 Å². The van der Waals surface area contributed by atoms with Gasteiger partial charge in [0.1, 0.15) is 5.69 Å². The van der Waals surface area contributed by atoms with E-state index < -0.39 is 7.25 Å². The zero-order valence-corrected chi connectivity index (χ0v) is 15.1. The molecule has 10 heteroatoms. The van der Waals surface area contributed by atoms with Gasteiger partial charge < -0.3 is 17.3 Å². The quantitative estimate of drug-likeness (QED) is 0.371. The number of hydrogen-bond acceptors (Lipinski definition) is 2. The van der Waals surface area contributed by atoms with E-state index in [0.29, 0.717) is 5.28 Å². The predicted molar refractivity (Wildman–Crippen MR) is 92.3 cm³/mol. The molecular weight excluding hydrogens is 370 g/mol. The van der Waals surface area contributed by atoms with Crippen LogP contribution in [-0.2, 0) is 0 Å². The van der Waals surface area contributed by atoms with Gasteiger partial charge in [-0.1, -0.05) is 40.6 Å². The Bertz CT molecular complexity index is 868. The summed E-state index contributed by atoms with van der Waals surface area (Å²) in [5, 5.41) is 9.13. The molecule has 0 aliphatic heterocycles. The third-order valence-corrected chi connectivity index (χ3v) is 3.60. The fraction of sp³-hybridized carbons (Fsp3) is 0.188. The molecule has 1 heterocycles. The molecule has 0 saturated heterocycles. The number of hydrogen-bond donors (Lipinski definition) is 0. The average molecular weight is 387 g/mol. The highest BCUT2D eigenvalue weighted by atomic mass is 35.5. The molecule has 26 heavy (non-hydrogen) atoms. The van der Waals surface area contributed by atoms with Crippen LogP contribution in [0.1, 0.15) is 16.7 Å². The Morgan fingerprint density at radius 3 is 1.96 bits per heavy atom. The Kier molecular flexibility index (Phi) is 6.02. The lowest BCUT2D eigenvalue weighted by atomic mass is 10.1. The van der Waals surface area contributed by atoms with E-state index in [2.05, 4.69) is 43.2 Å². The number of para-hydroxylation sites is 1. The van der Waals surface area contributed by atoms with Crippen molar-refractivity contribution >= 4 is 18.9 Å². The summed E-state index contributed by atoms with van der Waals surface area (Å²) in [6.07, 6.45) is 0. The van der Waals surface area contributed by atoms with Crippen molar-refractivity contribution in [1.82, 2.24) is 15.1 Å². The number of nitrogens with zero attached hydrogens (tertiary/aromatic N) is 4. The van der Waals surface area contributed by atoms with Gasteiger partial charge in [-0.15, -0.1) is 0 Å². The monoisotopic (exact) mass is 386 g/mol. The zero-order chi connectivity index (χ0) is 19.5. The van der Waals surface area contributed by atoms with Crippen molar-refractivity contribution in [3.8, 4) is 11.4 Å². The number of tetrazole rings is 1. The molecule has 1 aromatic heterocycles. The Labute approximate surface area is 153 Å². The van der Waals surface area contributed by atoms with Crippen LogP contribution >= 0.6 is 11.6 Å². The first kappa shape index (κ1) is 19.9. The summed E-state index contributed by atoms with van der Waals surface area (Å²) in [4.78, 5) is 1.54. The second-order valence-corrected chi connectivity index (χ2v) is 5.98. The third-order valence-electron chi connectivity index (χ3n) is 3.36. The lowest BCUT2D eigenvalue weighted by molar-refractivity contribution is -0.660. The zero-order valence-electron chi connectivity index (χ0n) is 14.3. The Hall–Kier alpha value is -2.42. The topological polar surface area (TPSA) is 34.6 Å². The molecule has 4 nitrogen and oxygen atoms in total. The second kappa shape index (κ2) is 7.86. The maximum atomic E-state index is 9.75. The van der Waals surface area contributed by atoms with Crippen molar-refractivity contribution in [3.63, 3.8) is 0 Å². The molecule has 0 unspecified atom stereocenters. The van der Waals surface area contributed by atoms with Crippen LogP contribution in [0.25, 0.3) is 11.4 Å². The number of aryl methyl sites for hydroxylation is 3. The number of aromatic nitrogens is 4. The maximum Gasteiger partial charge on any atom is 0.673 e. The first-order valence-electron chi connectivity index (χ1n) is 7.62. The highest BCUT2D eigenvalue weighted by Gasteiger charge is 2.23. The highest BCUT2D eigenvalue weighted by molar-refractivity contribution is 6.50. The molecule has 0 N–H and O–H groups in total. The van der Waals surface area contributed by atoms with Crippen LogP contribution in [0.5, 0.6) is 0 Å². The Morgan fingerprint density at radius 2 is 1.46 bits per heavy atom. The van der Waals surface area contributed by atoms with Crippen LogP contribution in [0.15, 0.2) is 42.5 Å². The van der Waals surface area contributed by atoms with Gasteiger partial charge in [0.15, 0.2) is 5.69 Å². The van der Waals surface area contributed by atoms with Gasteiger partial charge in [0.2, 0.25) is 0 Å². The van der Waals surface area contributed by atoms with Gasteiger partial charge in [0.25, 0.3) is 0 Å². The minimum Gasteiger partial charge on any atom is -0.418 e. The van der Waals surface area contributed by atoms with Gasteiger partial charge in [-0.05, 0) is 55.6 Å². The van der Waals surface area contributed by atoms with Crippen molar-refractivity contribution in [1.29, 1.82) is 0 Å². The molecule has 0 spiro atoms. The molecule has 0 atom stereocenters. The molecule has 0 aliphatic rings. The first-order valence-corrected chi connectivity index (χ1v) is 8.00. The Morgan fingerprint density at radius 1 is 0.962 bits per heavy atom. The average Bonchev–Trinajstić information content (AvgIpc) is 2.87. The van der Waals surface area contributed by atoms with Crippen molar-refractivity contribution in [2.45, 2.75) is 20.8 Å². The molecule has 0 bridgehead atoms. The standard InChI is InChI=1S/C16H16ClN4.BF4/c1-11-9-12(2)15(13(3)10-11)20-16(17)18-21(19-20)14-7-5-4-6-8-14;2-1(3,4)5/h4-10H,1-3H3;/q+1;-1. The van der Waals surface area contributed by atoms with Crippen molar-refractivity contribution < 1.29 is 21.9 Å². The van der Waals surface area contributed by atoms with E-state index in [1.54, 1.807) is 9.48 Å². The summed E-state index contributed by atoms with van der Waals surface area (Å²) in [5.74, 6) is 0. The van der Waals surface area contributed by atoms with Gasteiger partial charge in [0, 0.05) is 4.80 Å². The van der Waals surface area contributed by atoms with Gasteiger partial charge in [0.05, 0.1) is 10.3 Å². The molecule has 0 amide bonds. The molecule has 3 rings (SSSR count). The summed E-state index contributed by atoms with van der Waals surface area (Å²) < 4.78 is 40.7. The minimum atomic E-state index is -6.00. The van der Waals surface area contributed by atoms with E-state index in [1.807, 2.05) is 30.3 Å². The van der Waals surface area contributed by atoms with Crippen LogP contribution < -0.4 is 4.68 Å². The molecular formula is C16H16BClF4N4. The molecule has 138 valence electrons. The van der Waals surface area contributed by atoms with Crippen molar-refractivity contribution in [2.75, 3.05) is 0 Å². The summed E-state index contributed by atoms with van der Waals surface area (Å²) in [6.45, 7) is 6.19. The van der Waals surface area contributed by atoms with Crippen molar-refractivity contribution in [2.24, 2.45) is 0 Å². The highest BCUT2D eigenvalue weighted by Crippen LogP contribution is 2.17. The molecule has 0 radical (unpaired) electrons. The molecule has 3 aromatic rings. The van der Waals surface area contributed by atoms with E-state index in [1.165, 1.54) is 5.56 Å². The predicted octanol–water partition coefficient (Wildman–Crippen LogP) is 4.42. The first-order chi connectivity index (χ1) is 12.1. The van der Waals surface area contributed by atoms with E-state index >= 15 is 0 Å². The summed E-state index contributed by atoms with van der Waals surface area (Å²) >= 11 is 6.28.